The van der Waals surface area contributed by atoms with E-state index in [1.54, 1.807) is 14.2 Å². The molecule has 0 bridgehead atoms. The van der Waals surface area contributed by atoms with E-state index in [0.717, 1.165) is 11.5 Å². The van der Waals surface area contributed by atoms with E-state index in [-0.39, 0.29) is 32.7 Å². The first-order chi connectivity index (χ1) is 11.5. The van der Waals surface area contributed by atoms with E-state index in [1.807, 2.05) is 24.3 Å². The van der Waals surface area contributed by atoms with E-state index in [4.69, 9.17) is 14.2 Å². The van der Waals surface area contributed by atoms with Crippen LogP contribution in [0.4, 0.5) is 21.0 Å². The second-order valence-corrected chi connectivity index (χ2v) is 8.70. The molecule has 2 aromatic carbocycles. The van der Waals surface area contributed by atoms with Crippen molar-refractivity contribution in [1.29, 1.82) is 0 Å². The molecule has 0 heterocycles. The van der Waals surface area contributed by atoms with E-state index in [9.17, 15) is 21.0 Å². The maximum absolute atomic E-state index is 9.84. The first kappa shape index (κ1) is 24.7. The van der Waals surface area contributed by atoms with Crippen LogP contribution in [0.2, 0.25) is 0 Å². The minimum absolute atomic E-state index is 0. The van der Waals surface area contributed by atoms with Crippen LogP contribution in [-0.4, -0.2) is 21.0 Å². The van der Waals surface area contributed by atoms with Crippen LogP contribution in [0, 0.1) is 7.14 Å². The fourth-order valence-electron chi connectivity index (χ4n) is 1.48. The molecule has 0 aliphatic heterocycles. The van der Waals surface area contributed by atoms with Crippen molar-refractivity contribution in [3.8, 4) is 11.5 Å². The van der Waals surface area contributed by atoms with Gasteiger partial charge in [-0.2, -0.15) is 0 Å². The average Bonchev–Trinajstić information content (AvgIpc) is 2.53. The number of benzene rings is 2. The predicted molar refractivity (Wildman–Crippen MR) is 81.8 cm³/mol. The molecule has 26 heavy (non-hydrogen) atoms. The van der Waals surface area contributed by atoms with Crippen LogP contribution in [0.15, 0.2) is 48.5 Å². The second kappa shape index (κ2) is 10.8. The van der Waals surface area contributed by atoms with Crippen LogP contribution in [0.5, 0.6) is 11.5 Å². The van der Waals surface area contributed by atoms with Gasteiger partial charge in [-0.05, 0) is 48.5 Å². The predicted octanol–water partition coefficient (Wildman–Crippen LogP) is -0.227. The summed E-state index contributed by atoms with van der Waals surface area (Å²) < 4.78 is 67.3. The van der Waals surface area contributed by atoms with E-state index in [1.165, 1.54) is 7.14 Å². The van der Waals surface area contributed by atoms with Gasteiger partial charge in [-0.3, -0.25) is 0 Å². The summed E-state index contributed by atoms with van der Waals surface area (Å²) in [5, 5.41) is 0. The Labute approximate surface area is 157 Å². The molecule has 0 fully saturated rings. The summed E-state index contributed by atoms with van der Waals surface area (Å²) >= 11 is -0.158. The summed E-state index contributed by atoms with van der Waals surface area (Å²) in [6.45, 7) is 0.285. The normalized spacial score (nSPS) is 11.9. The second-order valence-electron chi connectivity index (χ2n) is 4.40. The SMILES string of the molecule is COCOc1ccc([I+]c2ccc(OC)cc2)cc1.FP(F)(F)(F)F.[F-]. The topological polar surface area (TPSA) is 27.7 Å². The monoisotopic (exact) mass is 516 g/mol. The van der Waals surface area contributed by atoms with Crippen LogP contribution >= 0.6 is 8.16 Å². The van der Waals surface area contributed by atoms with Crippen LogP contribution in [0.1, 0.15) is 0 Å². The molecule has 2 rings (SSSR count). The first-order valence-electron chi connectivity index (χ1n) is 6.67. The van der Waals surface area contributed by atoms with Crippen molar-refractivity contribution < 1.29 is 61.1 Å². The van der Waals surface area contributed by atoms with Crippen molar-refractivity contribution in [3.05, 3.63) is 55.7 Å². The number of hydrogen-bond acceptors (Lipinski definition) is 3. The Balaban J connectivity index is 0.000000777. The van der Waals surface area contributed by atoms with E-state index < -0.39 is 8.16 Å². The number of halogens is 7. The van der Waals surface area contributed by atoms with E-state index >= 15 is 0 Å². The molecule has 3 nitrogen and oxygen atoms in total. The molecule has 2 aromatic rings. The van der Waals surface area contributed by atoms with Gasteiger partial charge in [0.05, 0.1) is 7.11 Å². The zero-order chi connectivity index (χ0) is 18.9. The van der Waals surface area contributed by atoms with Crippen molar-refractivity contribution in [2.75, 3.05) is 21.0 Å². The first-order valence-corrected chi connectivity index (χ1v) is 10.5. The third-order valence-corrected chi connectivity index (χ3v) is 5.11. The fraction of sp³-hybridized carbons (Fsp3) is 0.200. The molecule has 0 aliphatic carbocycles. The standard InChI is InChI=1S/C15H16IO3.F5P.FH/c1-17-11-19-15-9-5-13(6-10-15)16-12-3-7-14(18-2)8-4-12;1-6(2,3,4)5;/h3-10H,11H2,1-2H3;;1H/q+1;;/p-1. The third kappa shape index (κ3) is 13.0. The smallest absolute Gasteiger partial charge is 1.00 e. The number of hydrogen-bond donors (Lipinski definition) is 0. The Morgan fingerprint density at radius 1 is 0.769 bits per heavy atom. The Hall–Kier alpha value is -1.26. The van der Waals surface area contributed by atoms with Crippen molar-refractivity contribution in [2.45, 2.75) is 0 Å². The van der Waals surface area contributed by atoms with Gasteiger partial charge >= 0.3 is 50.3 Å². The van der Waals surface area contributed by atoms with Gasteiger partial charge in [-0.15, -0.1) is 0 Å². The van der Waals surface area contributed by atoms with Crippen LogP contribution in [0.3, 0.4) is 0 Å². The van der Waals surface area contributed by atoms with E-state index in [0.29, 0.717) is 0 Å². The zero-order valence-electron chi connectivity index (χ0n) is 13.6. The van der Waals surface area contributed by atoms with Gasteiger partial charge in [0.25, 0.3) is 0 Å². The summed E-state index contributed by atoms with van der Waals surface area (Å²) in [7, 11) is -5.25. The van der Waals surface area contributed by atoms with Gasteiger partial charge in [-0.25, -0.2) is 0 Å². The maximum Gasteiger partial charge on any atom is -1.00 e. The molecule has 148 valence electrons. The van der Waals surface area contributed by atoms with Crippen molar-refractivity contribution in [3.63, 3.8) is 0 Å². The molecular formula is C15H16F6IO3P. The molecule has 0 saturated heterocycles. The molecular weight excluding hydrogens is 500 g/mol. The molecule has 0 spiro atoms. The Morgan fingerprint density at radius 2 is 1.15 bits per heavy atom. The van der Waals surface area contributed by atoms with Crippen LogP contribution < -0.4 is 35.4 Å². The van der Waals surface area contributed by atoms with Crippen molar-refractivity contribution in [2.24, 2.45) is 0 Å². The molecule has 0 aliphatic rings. The third-order valence-electron chi connectivity index (χ3n) is 2.42. The minimum Gasteiger partial charge on any atom is -1.00 e. The van der Waals surface area contributed by atoms with Crippen molar-refractivity contribution >= 4 is 8.16 Å². The summed E-state index contributed by atoms with van der Waals surface area (Å²) in [6, 6.07) is 16.5. The van der Waals surface area contributed by atoms with Gasteiger partial charge in [0, 0.05) is 7.11 Å². The van der Waals surface area contributed by atoms with Gasteiger partial charge in [0.1, 0.15) is 11.5 Å². The summed E-state index contributed by atoms with van der Waals surface area (Å²) in [5.41, 5.74) is 0. The number of rotatable bonds is 6. The number of methoxy groups -OCH3 is 2. The fourth-order valence-corrected chi connectivity index (χ4v) is 3.64. The summed E-state index contributed by atoms with van der Waals surface area (Å²) in [5.74, 6) is 1.74. The average molecular weight is 516 g/mol. The summed E-state index contributed by atoms with van der Waals surface area (Å²) in [4.78, 5) is 0. The number of ether oxygens (including phenoxy) is 3. The van der Waals surface area contributed by atoms with Crippen LogP contribution in [-0.2, 0) is 4.74 Å². The van der Waals surface area contributed by atoms with Gasteiger partial charge in [0.15, 0.2) is 13.9 Å². The van der Waals surface area contributed by atoms with Gasteiger partial charge in [-0.1, -0.05) is 0 Å². The Morgan fingerprint density at radius 3 is 1.50 bits per heavy atom. The zero-order valence-corrected chi connectivity index (χ0v) is 16.7. The molecule has 0 unspecified atom stereocenters. The molecule has 0 atom stereocenters. The summed E-state index contributed by atoms with van der Waals surface area (Å²) in [6.07, 6.45) is 0. The molecule has 0 amide bonds. The Bertz CT molecular complexity index is 630. The molecule has 11 heteroatoms. The quantitative estimate of drug-likeness (QED) is 0.230. The molecule has 0 aromatic heterocycles. The minimum atomic E-state index is -8.55. The molecule has 0 radical (unpaired) electrons. The van der Waals surface area contributed by atoms with Crippen molar-refractivity contribution in [1.82, 2.24) is 0 Å². The molecule has 0 saturated carbocycles. The Kier molecular flexibility index (Phi) is 10.3. The van der Waals surface area contributed by atoms with Gasteiger partial charge < -0.3 is 18.9 Å². The maximum atomic E-state index is 9.84. The van der Waals surface area contributed by atoms with E-state index in [2.05, 4.69) is 24.3 Å². The molecule has 0 N–H and O–H groups in total. The largest absolute Gasteiger partial charge is 1.00 e. The van der Waals surface area contributed by atoms with Gasteiger partial charge in [0.2, 0.25) is 0 Å². The van der Waals surface area contributed by atoms with Crippen LogP contribution in [0.25, 0.3) is 0 Å².